The summed E-state index contributed by atoms with van der Waals surface area (Å²) in [5.74, 6) is 0.0869. The minimum absolute atomic E-state index is 0.163. The van der Waals surface area contributed by atoms with Gasteiger partial charge in [0.05, 0.1) is 25.5 Å². The second-order valence-corrected chi connectivity index (χ2v) is 7.55. The molecular weight excluding hydrogens is 428 g/mol. The largest absolute Gasteiger partial charge is 0.493 e. The molecule has 2 amide bonds. The number of carbonyl (C=O) groups is 2. The number of carbonyl (C=O) groups excluding carboxylic acids is 2. The third-order valence-electron chi connectivity index (χ3n) is 5.30. The lowest BCUT2D eigenvalue weighted by Gasteiger charge is -2.15. The summed E-state index contributed by atoms with van der Waals surface area (Å²) in [5, 5.41) is 3.71. The quantitative estimate of drug-likeness (QED) is 0.534. The van der Waals surface area contributed by atoms with Crippen LogP contribution in [0.15, 0.2) is 72.4 Å². The van der Waals surface area contributed by atoms with Crippen molar-refractivity contribution in [2.75, 3.05) is 24.4 Å². The van der Waals surface area contributed by atoms with Gasteiger partial charge in [0.1, 0.15) is 5.70 Å². The maximum Gasteiger partial charge on any atom is 0.282 e. The summed E-state index contributed by atoms with van der Waals surface area (Å²) in [6.45, 7) is 1.84. The number of benzene rings is 3. The Bertz CT molecular complexity index is 1240. The fourth-order valence-corrected chi connectivity index (χ4v) is 3.77. The van der Waals surface area contributed by atoms with Gasteiger partial charge in [-0.25, -0.2) is 4.90 Å². The zero-order valence-electron chi connectivity index (χ0n) is 17.8. The van der Waals surface area contributed by atoms with Crippen LogP contribution in [-0.4, -0.2) is 26.0 Å². The van der Waals surface area contributed by atoms with Gasteiger partial charge in [0.2, 0.25) is 0 Å². The summed E-state index contributed by atoms with van der Waals surface area (Å²) in [6, 6.07) is 19.3. The molecule has 1 N–H and O–H groups in total. The highest BCUT2D eigenvalue weighted by Crippen LogP contribution is 2.38. The number of amides is 2. The smallest absolute Gasteiger partial charge is 0.282 e. The first-order chi connectivity index (χ1) is 15.5. The molecule has 0 spiro atoms. The SMILES string of the molecule is COc1ccc(C2=C(Nc3cccc(Cl)c3C)C(=O)N(c3ccccc3)C2=O)cc1OC. The Morgan fingerprint density at radius 3 is 2.25 bits per heavy atom. The van der Waals surface area contributed by atoms with Gasteiger partial charge in [-0.15, -0.1) is 0 Å². The lowest BCUT2D eigenvalue weighted by molar-refractivity contribution is -0.120. The Labute approximate surface area is 191 Å². The minimum atomic E-state index is -0.453. The van der Waals surface area contributed by atoms with Crippen molar-refractivity contribution >= 4 is 40.4 Å². The first-order valence-corrected chi connectivity index (χ1v) is 10.3. The third kappa shape index (κ3) is 3.69. The highest BCUT2D eigenvalue weighted by molar-refractivity contribution is 6.46. The molecule has 0 atom stereocenters. The van der Waals surface area contributed by atoms with E-state index in [9.17, 15) is 9.59 Å². The van der Waals surface area contributed by atoms with Crippen LogP contribution < -0.4 is 19.7 Å². The van der Waals surface area contributed by atoms with Gasteiger partial charge in [-0.1, -0.05) is 41.9 Å². The van der Waals surface area contributed by atoms with E-state index in [2.05, 4.69) is 5.32 Å². The van der Waals surface area contributed by atoms with E-state index in [1.165, 1.54) is 14.2 Å². The van der Waals surface area contributed by atoms with Crippen molar-refractivity contribution in [3.05, 3.63) is 88.6 Å². The maximum absolute atomic E-state index is 13.5. The Morgan fingerprint density at radius 2 is 1.56 bits per heavy atom. The number of anilines is 2. The van der Waals surface area contributed by atoms with Crippen LogP contribution in [0.2, 0.25) is 5.02 Å². The van der Waals surface area contributed by atoms with Gasteiger partial charge in [0.25, 0.3) is 11.8 Å². The number of hydrogen-bond donors (Lipinski definition) is 1. The fourth-order valence-electron chi connectivity index (χ4n) is 3.59. The zero-order chi connectivity index (χ0) is 22.8. The van der Waals surface area contributed by atoms with Crippen molar-refractivity contribution in [3.8, 4) is 11.5 Å². The molecule has 1 aliphatic heterocycles. The lowest BCUT2D eigenvalue weighted by Crippen LogP contribution is -2.32. The molecule has 0 aliphatic carbocycles. The van der Waals surface area contributed by atoms with Crippen LogP contribution >= 0.6 is 11.6 Å². The van der Waals surface area contributed by atoms with Crippen LogP contribution in [0.1, 0.15) is 11.1 Å². The molecule has 0 unspecified atom stereocenters. The summed E-state index contributed by atoms with van der Waals surface area (Å²) < 4.78 is 10.7. The highest BCUT2D eigenvalue weighted by atomic mass is 35.5. The second-order valence-electron chi connectivity index (χ2n) is 7.14. The number of nitrogens with zero attached hydrogens (tertiary/aromatic N) is 1. The number of hydrogen-bond acceptors (Lipinski definition) is 5. The predicted octanol–water partition coefficient (Wildman–Crippen LogP) is 5.06. The van der Waals surface area contributed by atoms with E-state index in [0.717, 1.165) is 10.5 Å². The van der Waals surface area contributed by atoms with Gasteiger partial charge in [-0.3, -0.25) is 9.59 Å². The molecule has 3 aromatic carbocycles. The Morgan fingerprint density at radius 1 is 0.844 bits per heavy atom. The van der Waals surface area contributed by atoms with Gasteiger partial charge >= 0.3 is 0 Å². The van der Waals surface area contributed by atoms with Crippen molar-refractivity contribution in [3.63, 3.8) is 0 Å². The average molecular weight is 449 g/mol. The number of para-hydroxylation sites is 1. The molecule has 162 valence electrons. The zero-order valence-corrected chi connectivity index (χ0v) is 18.6. The number of methoxy groups -OCH3 is 2. The highest BCUT2D eigenvalue weighted by Gasteiger charge is 2.40. The minimum Gasteiger partial charge on any atom is -0.493 e. The molecular formula is C25H21ClN2O4. The average Bonchev–Trinajstić information content (AvgIpc) is 3.06. The van der Waals surface area contributed by atoms with E-state index < -0.39 is 11.8 Å². The standard InChI is InChI=1S/C25H21ClN2O4/c1-15-18(26)10-7-11-19(15)27-23-22(16-12-13-20(31-2)21(14-16)32-3)24(29)28(25(23)30)17-8-5-4-6-9-17/h4-14,27H,1-3H3. The van der Waals surface area contributed by atoms with Crippen molar-refractivity contribution < 1.29 is 19.1 Å². The molecule has 1 aliphatic rings. The van der Waals surface area contributed by atoms with E-state index in [1.54, 1.807) is 54.6 Å². The maximum atomic E-state index is 13.5. The van der Waals surface area contributed by atoms with E-state index in [4.69, 9.17) is 21.1 Å². The van der Waals surface area contributed by atoms with Crippen molar-refractivity contribution in [1.82, 2.24) is 0 Å². The van der Waals surface area contributed by atoms with E-state index in [1.807, 2.05) is 19.1 Å². The van der Waals surface area contributed by atoms with Gasteiger partial charge in [-0.2, -0.15) is 0 Å². The normalized spacial score (nSPS) is 13.6. The first kappa shape index (κ1) is 21.5. The van der Waals surface area contributed by atoms with Gasteiger partial charge in [-0.05, 0) is 54.4 Å². The fraction of sp³-hybridized carbons (Fsp3) is 0.120. The van der Waals surface area contributed by atoms with Crippen molar-refractivity contribution in [1.29, 1.82) is 0 Å². The molecule has 0 aromatic heterocycles. The van der Waals surface area contributed by atoms with Gasteiger partial charge < -0.3 is 14.8 Å². The number of halogens is 1. The van der Waals surface area contributed by atoms with Crippen LogP contribution in [0.25, 0.3) is 5.57 Å². The summed E-state index contributed by atoms with van der Waals surface area (Å²) in [6.07, 6.45) is 0. The second kappa shape index (κ2) is 8.77. The third-order valence-corrected chi connectivity index (χ3v) is 5.71. The topological polar surface area (TPSA) is 67.9 Å². The molecule has 32 heavy (non-hydrogen) atoms. The number of nitrogens with one attached hydrogen (secondary N) is 1. The van der Waals surface area contributed by atoms with Crippen molar-refractivity contribution in [2.24, 2.45) is 0 Å². The Kier molecular flexibility index (Phi) is 5.88. The van der Waals surface area contributed by atoms with Crippen LogP contribution in [0.4, 0.5) is 11.4 Å². The molecule has 4 rings (SSSR count). The number of rotatable bonds is 6. The monoisotopic (exact) mass is 448 g/mol. The molecule has 0 radical (unpaired) electrons. The molecule has 0 fully saturated rings. The van der Waals surface area contributed by atoms with Crippen LogP contribution in [0.3, 0.4) is 0 Å². The molecule has 1 heterocycles. The molecule has 0 saturated carbocycles. The predicted molar refractivity (Wildman–Crippen MR) is 125 cm³/mol. The summed E-state index contributed by atoms with van der Waals surface area (Å²) in [4.78, 5) is 28.2. The molecule has 7 heteroatoms. The Balaban J connectivity index is 1.88. The molecule has 6 nitrogen and oxygen atoms in total. The van der Waals surface area contributed by atoms with E-state index in [0.29, 0.717) is 33.5 Å². The van der Waals surface area contributed by atoms with Crippen LogP contribution in [-0.2, 0) is 9.59 Å². The van der Waals surface area contributed by atoms with Gasteiger partial charge in [0.15, 0.2) is 11.5 Å². The van der Waals surface area contributed by atoms with Crippen molar-refractivity contribution in [2.45, 2.75) is 6.92 Å². The number of imide groups is 1. The molecule has 3 aromatic rings. The number of ether oxygens (including phenoxy) is 2. The van der Waals surface area contributed by atoms with E-state index in [-0.39, 0.29) is 11.3 Å². The lowest BCUT2D eigenvalue weighted by atomic mass is 10.0. The summed E-state index contributed by atoms with van der Waals surface area (Å²) in [7, 11) is 3.05. The molecule has 0 saturated heterocycles. The summed E-state index contributed by atoms with van der Waals surface area (Å²) >= 11 is 6.27. The first-order valence-electron chi connectivity index (χ1n) is 9.89. The Hall–Kier alpha value is -3.77. The van der Waals surface area contributed by atoms with E-state index >= 15 is 0 Å². The van der Waals surface area contributed by atoms with Crippen LogP contribution in [0, 0.1) is 6.92 Å². The van der Waals surface area contributed by atoms with Gasteiger partial charge in [0, 0.05) is 10.7 Å². The summed E-state index contributed by atoms with van der Waals surface area (Å²) in [5.41, 5.74) is 2.82. The molecule has 0 bridgehead atoms. The van der Waals surface area contributed by atoms with Crippen LogP contribution in [0.5, 0.6) is 11.5 Å².